The average Bonchev–Trinajstić information content (AvgIpc) is 2.36. The van der Waals surface area contributed by atoms with Crippen LogP contribution in [0.2, 0.25) is 0 Å². The lowest BCUT2D eigenvalue weighted by Crippen LogP contribution is -2.58. The van der Waals surface area contributed by atoms with E-state index in [1.807, 2.05) is 18.7 Å². The van der Waals surface area contributed by atoms with Gasteiger partial charge in [-0.3, -0.25) is 10.1 Å². The molecule has 1 fully saturated rings. The van der Waals surface area contributed by atoms with Gasteiger partial charge in [-0.25, -0.2) is 0 Å². The second-order valence-corrected chi connectivity index (χ2v) is 5.60. The standard InChI is InChI=1S/C13H16F3N3O2/c1-12(2)8-17-5-6-18(12)9-3-4-11(19(20)21)10(7-9)13(14,15)16/h3-4,7,17H,5-6,8H2,1-2H3. The highest BCUT2D eigenvalue weighted by Gasteiger charge is 2.40. The molecule has 1 aliphatic heterocycles. The monoisotopic (exact) mass is 303 g/mol. The summed E-state index contributed by atoms with van der Waals surface area (Å²) in [6, 6.07) is 3.17. The molecule has 0 atom stereocenters. The Labute approximate surface area is 119 Å². The number of alkyl halides is 3. The van der Waals surface area contributed by atoms with E-state index in [1.54, 1.807) is 0 Å². The van der Waals surface area contributed by atoms with Gasteiger partial charge in [-0.05, 0) is 26.0 Å². The van der Waals surface area contributed by atoms with Crippen molar-refractivity contribution in [2.75, 3.05) is 24.5 Å². The maximum atomic E-state index is 13.0. The third kappa shape index (κ3) is 3.10. The van der Waals surface area contributed by atoms with E-state index in [2.05, 4.69) is 5.32 Å². The molecule has 0 spiro atoms. The van der Waals surface area contributed by atoms with Crippen LogP contribution in [0.15, 0.2) is 18.2 Å². The van der Waals surface area contributed by atoms with E-state index in [0.29, 0.717) is 25.3 Å². The summed E-state index contributed by atoms with van der Waals surface area (Å²) in [5.74, 6) is 0. The first kappa shape index (κ1) is 15.6. The van der Waals surface area contributed by atoms with Crippen LogP contribution in [0, 0.1) is 10.1 Å². The summed E-state index contributed by atoms with van der Waals surface area (Å²) in [5, 5.41) is 13.9. The predicted molar refractivity (Wildman–Crippen MR) is 72.4 cm³/mol. The molecule has 0 aliphatic carbocycles. The van der Waals surface area contributed by atoms with Crippen LogP contribution in [0.25, 0.3) is 0 Å². The molecule has 1 saturated heterocycles. The molecule has 2 rings (SSSR count). The van der Waals surface area contributed by atoms with E-state index >= 15 is 0 Å². The quantitative estimate of drug-likeness (QED) is 0.674. The van der Waals surface area contributed by atoms with Crippen molar-refractivity contribution in [3.05, 3.63) is 33.9 Å². The van der Waals surface area contributed by atoms with Crippen LogP contribution < -0.4 is 10.2 Å². The number of hydrogen-bond donors (Lipinski definition) is 1. The highest BCUT2D eigenvalue weighted by molar-refractivity contribution is 5.58. The third-order valence-electron chi connectivity index (χ3n) is 3.59. The fourth-order valence-corrected chi connectivity index (χ4v) is 2.54. The number of benzene rings is 1. The first-order chi connectivity index (χ1) is 9.63. The number of nitrogens with zero attached hydrogens (tertiary/aromatic N) is 2. The van der Waals surface area contributed by atoms with E-state index in [4.69, 9.17) is 0 Å². The molecule has 1 aromatic carbocycles. The molecule has 0 saturated carbocycles. The van der Waals surface area contributed by atoms with Gasteiger partial charge in [-0.1, -0.05) is 0 Å². The van der Waals surface area contributed by atoms with E-state index in [1.165, 1.54) is 6.07 Å². The first-order valence-corrected chi connectivity index (χ1v) is 6.47. The molecule has 8 heteroatoms. The minimum absolute atomic E-state index is 0.347. The van der Waals surface area contributed by atoms with Crippen molar-refractivity contribution < 1.29 is 18.1 Å². The average molecular weight is 303 g/mol. The number of anilines is 1. The number of nitro benzene ring substituents is 1. The predicted octanol–water partition coefficient (Wildman–Crippen LogP) is 2.80. The molecule has 116 valence electrons. The van der Waals surface area contributed by atoms with Crippen LogP contribution >= 0.6 is 0 Å². The molecule has 5 nitrogen and oxygen atoms in total. The van der Waals surface area contributed by atoms with Crippen molar-refractivity contribution in [3.63, 3.8) is 0 Å². The smallest absolute Gasteiger partial charge is 0.364 e. The number of rotatable bonds is 2. The number of nitrogens with one attached hydrogen (secondary N) is 1. The van der Waals surface area contributed by atoms with E-state index in [9.17, 15) is 23.3 Å². The molecule has 0 amide bonds. The van der Waals surface area contributed by atoms with Gasteiger partial charge in [0.15, 0.2) is 0 Å². The Morgan fingerprint density at radius 2 is 2.05 bits per heavy atom. The highest BCUT2D eigenvalue weighted by atomic mass is 19.4. The Morgan fingerprint density at radius 3 is 2.57 bits per heavy atom. The number of halogens is 3. The van der Waals surface area contributed by atoms with E-state index < -0.39 is 22.4 Å². The van der Waals surface area contributed by atoms with Crippen LogP contribution in [0.5, 0.6) is 0 Å². The number of hydrogen-bond acceptors (Lipinski definition) is 4. The topological polar surface area (TPSA) is 58.4 Å². The van der Waals surface area contributed by atoms with Crippen molar-refractivity contribution in [2.45, 2.75) is 25.6 Å². The normalized spacial score (nSPS) is 18.6. The van der Waals surface area contributed by atoms with Gasteiger partial charge in [0, 0.05) is 36.9 Å². The lowest BCUT2D eigenvalue weighted by Gasteiger charge is -2.44. The minimum Gasteiger partial charge on any atom is -0.364 e. The molecule has 1 heterocycles. The highest BCUT2D eigenvalue weighted by Crippen LogP contribution is 2.39. The van der Waals surface area contributed by atoms with Crippen LogP contribution in [-0.2, 0) is 6.18 Å². The van der Waals surface area contributed by atoms with Gasteiger partial charge in [0.1, 0.15) is 5.56 Å². The second kappa shape index (κ2) is 5.18. The molecule has 21 heavy (non-hydrogen) atoms. The van der Waals surface area contributed by atoms with Gasteiger partial charge in [0.2, 0.25) is 0 Å². The number of nitro groups is 1. The zero-order valence-corrected chi connectivity index (χ0v) is 11.7. The molecular formula is C13H16F3N3O2. The van der Waals surface area contributed by atoms with Crippen LogP contribution in [0.3, 0.4) is 0 Å². The Kier molecular flexibility index (Phi) is 3.83. The van der Waals surface area contributed by atoms with Crippen LogP contribution in [-0.4, -0.2) is 30.1 Å². The molecule has 0 radical (unpaired) electrons. The Hall–Kier alpha value is -1.83. The van der Waals surface area contributed by atoms with Gasteiger partial charge in [0.05, 0.1) is 4.92 Å². The van der Waals surface area contributed by atoms with Gasteiger partial charge in [0.25, 0.3) is 5.69 Å². The fraction of sp³-hybridized carbons (Fsp3) is 0.538. The lowest BCUT2D eigenvalue weighted by atomic mass is 9.98. The zero-order valence-electron chi connectivity index (χ0n) is 11.7. The molecule has 1 aliphatic rings. The molecule has 0 unspecified atom stereocenters. The van der Waals surface area contributed by atoms with E-state index in [0.717, 1.165) is 12.1 Å². The molecule has 0 bridgehead atoms. The SMILES string of the molecule is CC1(C)CNCCN1c1ccc([N+](=O)[O-])c(C(F)(F)F)c1. The van der Waals surface area contributed by atoms with Gasteiger partial charge < -0.3 is 10.2 Å². The fourth-order valence-electron chi connectivity index (χ4n) is 2.54. The summed E-state index contributed by atoms with van der Waals surface area (Å²) < 4.78 is 39.0. The zero-order chi connectivity index (χ0) is 15.8. The summed E-state index contributed by atoms with van der Waals surface area (Å²) in [6.07, 6.45) is -4.75. The van der Waals surface area contributed by atoms with Crippen molar-refractivity contribution in [2.24, 2.45) is 0 Å². The summed E-state index contributed by atoms with van der Waals surface area (Å²) in [7, 11) is 0. The molecule has 0 aromatic heterocycles. The molecule has 1 N–H and O–H groups in total. The summed E-state index contributed by atoms with van der Waals surface area (Å²) in [5.41, 5.74) is -2.14. The third-order valence-corrected chi connectivity index (χ3v) is 3.59. The Morgan fingerprint density at radius 1 is 1.38 bits per heavy atom. The summed E-state index contributed by atoms with van der Waals surface area (Å²) in [6.45, 7) is 5.65. The largest absolute Gasteiger partial charge is 0.423 e. The van der Waals surface area contributed by atoms with Crippen LogP contribution in [0.4, 0.5) is 24.5 Å². The second-order valence-electron chi connectivity index (χ2n) is 5.60. The summed E-state index contributed by atoms with van der Waals surface area (Å²) >= 11 is 0. The van der Waals surface area contributed by atoms with Gasteiger partial charge in [-0.2, -0.15) is 13.2 Å². The van der Waals surface area contributed by atoms with Gasteiger partial charge in [-0.15, -0.1) is 0 Å². The lowest BCUT2D eigenvalue weighted by molar-refractivity contribution is -0.388. The first-order valence-electron chi connectivity index (χ1n) is 6.47. The van der Waals surface area contributed by atoms with Gasteiger partial charge >= 0.3 is 6.18 Å². The molecular weight excluding hydrogens is 287 g/mol. The maximum Gasteiger partial charge on any atom is 0.423 e. The Bertz CT molecular complexity index is 558. The number of piperazine rings is 1. The van der Waals surface area contributed by atoms with Crippen molar-refractivity contribution in [1.82, 2.24) is 5.32 Å². The Balaban J connectivity index is 2.49. The van der Waals surface area contributed by atoms with E-state index in [-0.39, 0.29) is 5.54 Å². The summed E-state index contributed by atoms with van der Waals surface area (Å²) in [4.78, 5) is 11.6. The molecule has 1 aromatic rings. The maximum absolute atomic E-state index is 13.0. The van der Waals surface area contributed by atoms with Crippen molar-refractivity contribution >= 4 is 11.4 Å². The van der Waals surface area contributed by atoms with Crippen LogP contribution in [0.1, 0.15) is 19.4 Å². The van der Waals surface area contributed by atoms with Crippen molar-refractivity contribution in [1.29, 1.82) is 0 Å². The minimum atomic E-state index is -4.75. The van der Waals surface area contributed by atoms with Crippen molar-refractivity contribution in [3.8, 4) is 0 Å².